The predicted molar refractivity (Wildman–Crippen MR) is 215 cm³/mol. The first-order chi connectivity index (χ1) is 23.2. The van der Waals surface area contributed by atoms with Gasteiger partial charge < -0.3 is 14.9 Å². The van der Waals surface area contributed by atoms with E-state index in [9.17, 15) is 0 Å². The Kier molecular flexibility index (Phi) is 11.4. The van der Waals surface area contributed by atoms with Crippen molar-refractivity contribution in [3.8, 4) is 44.5 Å². The third kappa shape index (κ3) is 6.29. The summed E-state index contributed by atoms with van der Waals surface area (Å²) in [5.41, 5.74) is 12.9. The molecule has 0 fully saturated rings. The van der Waals surface area contributed by atoms with Crippen molar-refractivity contribution in [1.82, 2.24) is 0 Å². The van der Waals surface area contributed by atoms with Crippen LogP contribution in [0.4, 0.5) is 0 Å². The average molecular weight is 811 g/mol. The van der Waals surface area contributed by atoms with Crippen LogP contribution in [0, 0.1) is 14.9 Å². The molecule has 244 valence electrons. The van der Waals surface area contributed by atoms with Crippen LogP contribution in [0.2, 0.25) is 0 Å². The molecule has 8 aromatic carbocycles. The second-order valence-corrected chi connectivity index (χ2v) is 12.7. The van der Waals surface area contributed by atoms with Gasteiger partial charge in [0.2, 0.25) is 0 Å². The average Bonchev–Trinajstić information content (AvgIpc) is 3.74. The molecule has 0 radical (unpaired) electrons. The van der Waals surface area contributed by atoms with Crippen molar-refractivity contribution in [3.05, 3.63) is 196 Å². The zero-order valence-electron chi connectivity index (χ0n) is 29.6. The van der Waals surface area contributed by atoms with Gasteiger partial charge in [-0.15, -0.1) is 68.1 Å². The van der Waals surface area contributed by atoms with Crippen LogP contribution in [-0.4, -0.2) is 0 Å². The normalized spacial score (nSPS) is 11.1. The van der Waals surface area contributed by atoms with E-state index in [4.69, 9.17) is 0 Å². The van der Waals surface area contributed by atoms with E-state index in [1.165, 1.54) is 77.2 Å². The molecule has 1 heteroatoms. The van der Waals surface area contributed by atoms with Crippen molar-refractivity contribution in [1.29, 1.82) is 0 Å². The van der Waals surface area contributed by atoms with Gasteiger partial charge in [0.25, 0.3) is 0 Å². The van der Waals surface area contributed by atoms with E-state index in [0.717, 1.165) is 12.8 Å². The maximum absolute atomic E-state index is 2.43. The Morgan fingerprint density at radius 2 is 0.680 bits per heavy atom. The first kappa shape index (κ1) is 36.7. The van der Waals surface area contributed by atoms with E-state index in [1.807, 2.05) is 0 Å². The summed E-state index contributed by atoms with van der Waals surface area (Å²) >= 11 is 0. The number of fused-ring (bicyclic) bond motifs is 2. The van der Waals surface area contributed by atoms with Crippen molar-refractivity contribution in [2.45, 2.75) is 32.1 Å². The van der Waals surface area contributed by atoms with Crippen LogP contribution in [0.3, 0.4) is 0 Å². The third-order valence-corrected chi connectivity index (χ3v) is 10.4. The van der Waals surface area contributed by atoms with E-state index in [1.54, 1.807) is 0 Å². The maximum Gasteiger partial charge on any atom is 4.00 e. The molecule has 0 unspecified atom stereocenters. The number of hydrogen-bond acceptors (Lipinski definition) is 0. The first-order valence-electron chi connectivity index (χ1n) is 16.9. The molecule has 0 saturated carbocycles. The van der Waals surface area contributed by atoms with Crippen LogP contribution in [0.15, 0.2) is 170 Å². The second-order valence-electron chi connectivity index (χ2n) is 12.7. The van der Waals surface area contributed by atoms with E-state index in [0.29, 0.717) is 0 Å². The first-order valence-corrected chi connectivity index (χ1v) is 16.9. The molecule has 0 aliphatic carbocycles. The molecule has 0 saturated heterocycles. The molecular formula is C49H44Hf. The smallest absolute Gasteiger partial charge is 0.358 e. The van der Waals surface area contributed by atoms with Gasteiger partial charge in [0, 0.05) is 0 Å². The Balaban J connectivity index is 0.00000162. The van der Waals surface area contributed by atoms with Gasteiger partial charge in [0.15, 0.2) is 0 Å². The minimum absolute atomic E-state index is 0. The molecule has 8 rings (SSSR count). The van der Waals surface area contributed by atoms with Crippen LogP contribution < -0.4 is 0 Å². The number of benzene rings is 6. The summed E-state index contributed by atoms with van der Waals surface area (Å²) < 4.78 is 0. The topological polar surface area (TPSA) is 0 Å². The molecule has 0 aliphatic rings. The number of hydrogen-bond donors (Lipinski definition) is 0. The van der Waals surface area contributed by atoms with Gasteiger partial charge in [-0.2, -0.15) is 0 Å². The Hall–Kier alpha value is -4.59. The summed E-state index contributed by atoms with van der Waals surface area (Å²) in [6.45, 7) is 4.77. The molecule has 0 aromatic heterocycles. The van der Waals surface area contributed by atoms with Crippen molar-refractivity contribution >= 4 is 21.5 Å². The third-order valence-electron chi connectivity index (χ3n) is 10.4. The molecule has 0 aliphatic heterocycles. The molecule has 0 heterocycles. The minimum Gasteiger partial charge on any atom is -0.358 e. The van der Waals surface area contributed by atoms with Gasteiger partial charge >= 0.3 is 25.8 Å². The molecule has 0 nitrogen and oxygen atoms in total. The van der Waals surface area contributed by atoms with Crippen molar-refractivity contribution in [2.75, 3.05) is 0 Å². The van der Waals surface area contributed by atoms with E-state index >= 15 is 0 Å². The molecule has 0 spiro atoms. The van der Waals surface area contributed by atoms with Gasteiger partial charge in [-0.25, -0.2) is 0 Å². The number of rotatable bonds is 8. The fourth-order valence-corrected chi connectivity index (χ4v) is 7.96. The molecule has 0 amide bonds. The standard InChI is InChI=1S/C47H38.2CH3.Hf/c1-3-47(4-2,45-41-21-13-11-19-39(41)31-43(45)37-27-23-35(24-28-37)33-15-7-5-8-16-33)46-42-22-14-12-20-40(42)32-44(46)38-29-25-36(26-30-38)34-17-9-6-10-18-34;;;/h5-32H,3-4H2,1-2H3;2*1H3;/q-2;2*-1;+4. The zero-order valence-corrected chi connectivity index (χ0v) is 33.2. The molecule has 50 heavy (non-hydrogen) atoms. The SMILES string of the molecule is CCC(CC)(c1c(-c2ccc(-c3ccccc3)cc2)[cH-]c2ccccc12)c1c(-c2ccc(-c3ccccc3)cc2)[cH-]c2ccccc12.[CH3-].[CH3-].[Hf+4]. The summed E-state index contributed by atoms with van der Waals surface area (Å²) in [4.78, 5) is 0. The Labute approximate surface area is 318 Å². The zero-order chi connectivity index (χ0) is 31.8. The van der Waals surface area contributed by atoms with E-state index < -0.39 is 0 Å². The maximum atomic E-state index is 2.43. The van der Waals surface area contributed by atoms with Gasteiger partial charge in [0.1, 0.15) is 0 Å². The predicted octanol–water partition coefficient (Wildman–Crippen LogP) is 14.1. The van der Waals surface area contributed by atoms with Crippen LogP contribution in [0.25, 0.3) is 66.1 Å². The second kappa shape index (κ2) is 15.5. The van der Waals surface area contributed by atoms with Crippen molar-refractivity contribution in [3.63, 3.8) is 0 Å². The van der Waals surface area contributed by atoms with Crippen LogP contribution >= 0.6 is 0 Å². The fraction of sp³-hybridized carbons (Fsp3) is 0.102. The molecule has 0 atom stereocenters. The van der Waals surface area contributed by atoms with E-state index in [2.05, 4.69) is 184 Å². The summed E-state index contributed by atoms with van der Waals surface area (Å²) in [5.74, 6) is 0. The summed E-state index contributed by atoms with van der Waals surface area (Å²) in [7, 11) is 0. The Morgan fingerprint density at radius 1 is 0.380 bits per heavy atom. The fourth-order valence-electron chi connectivity index (χ4n) is 7.96. The summed E-state index contributed by atoms with van der Waals surface area (Å²) in [6, 6.07) is 62.6. The largest absolute Gasteiger partial charge is 4.00 e. The van der Waals surface area contributed by atoms with Gasteiger partial charge in [-0.1, -0.05) is 183 Å². The Morgan fingerprint density at radius 3 is 1.04 bits per heavy atom. The van der Waals surface area contributed by atoms with Gasteiger partial charge in [-0.3, -0.25) is 0 Å². The molecule has 0 bridgehead atoms. The quantitative estimate of drug-likeness (QED) is 0.106. The van der Waals surface area contributed by atoms with Crippen LogP contribution in [0.5, 0.6) is 0 Å². The van der Waals surface area contributed by atoms with Crippen molar-refractivity contribution < 1.29 is 25.8 Å². The van der Waals surface area contributed by atoms with Crippen LogP contribution in [-0.2, 0) is 31.3 Å². The van der Waals surface area contributed by atoms with E-state index in [-0.39, 0.29) is 46.1 Å². The molecule has 0 N–H and O–H groups in total. The Bertz CT molecular complexity index is 2120. The minimum atomic E-state index is -0.201. The van der Waals surface area contributed by atoms with Crippen molar-refractivity contribution in [2.24, 2.45) is 0 Å². The van der Waals surface area contributed by atoms with Gasteiger partial charge in [-0.05, 0) is 27.7 Å². The molecule has 8 aromatic rings. The summed E-state index contributed by atoms with van der Waals surface area (Å²) in [6.07, 6.45) is 1.99. The summed E-state index contributed by atoms with van der Waals surface area (Å²) in [5, 5.41) is 5.32. The van der Waals surface area contributed by atoms with Gasteiger partial charge in [0.05, 0.1) is 0 Å². The monoisotopic (exact) mass is 812 g/mol. The molecular weight excluding hydrogens is 767 g/mol. The van der Waals surface area contributed by atoms with Crippen LogP contribution in [0.1, 0.15) is 37.8 Å².